The minimum absolute atomic E-state index is 0.0515. The lowest BCUT2D eigenvalue weighted by Crippen LogP contribution is -2.22. The lowest BCUT2D eigenvalue weighted by molar-refractivity contribution is -0.00585. The number of methoxy groups -OCH3 is 1. The van der Waals surface area contributed by atoms with Gasteiger partial charge in [-0.15, -0.1) is 0 Å². The molecule has 1 rings (SSSR count). The summed E-state index contributed by atoms with van der Waals surface area (Å²) in [6, 6.07) is 6.45. The molecule has 0 aliphatic heterocycles. The Morgan fingerprint density at radius 3 is 2.29 bits per heavy atom. The first-order valence-corrected chi connectivity index (χ1v) is 4.82. The maximum atomic E-state index is 5.44. The number of rotatable bonds is 3. The largest absolute Gasteiger partial charge is 0.362 e. The van der Waals surface area contributed by atoms with Crippen LogP contribution in [0.1, 0.15) is 22.9 Å². The van der Waals surface area contributed by atoms with Gasteiger partial charge in [0, 0.05) is 7.11 Å². The van der Waals surface area contributed by atoms with Crippen LogP contribution in [0.3, 0.4) is 0 Å². The molecule has 0 aliphatic carbocycles. The van der Waals surface area contributed by atoms with Crippen molar-refractivity contribution in [2.45, 2.75) is 20.1 Å². The molecule has 0 radical (unpaired) electrons. The topological polar surface area (TPSA) is 12.5 Å². The molecular weight excluding hydrogens is 174 g/mol. The number of benzene rings is 1. The molecule has 0 spiro atoms. The number of aryl methyl sites for hydroxylation is 2. The van der Waals surface area contributed by atoms with Crippen LogP contribution in [0.5, 0.6) is 0 Å². The Kier molecular flexibility index (Phi) is 3.67. The van der Waals surface area contributed by atoms with Crippen LogP contribution in [-0.4, -0.2) is 26.1 Å². The third-order valence-electron chi connectivity index (χ3n) is 2.38. The molecule has 1 aromatic carbocycles. The molecule has 0 amide bonds. The Morgan fingerprint density at radius 2 is 1.86 bits per heavy atom. The van der Waals surface area contributed by atoms with Crippen molar-refractivity contribution < 1.29 is 4.74 Å². The average molecular weight is 193 g/mol. The van der Waals surface area contributed by atoms with Crippen LogP contribution in [-0.2, 0) is 4.74 Å². The summed E-state index contributed by atoms with van der Waals surface area (Å²) in [4.78, 5) is 2.07. The maximum absolute atomic E-state index is 5.44. The number of hydrogen-bond acceptors (Lipinski definition) is 2. The predicted molar refractivity (Wildman–Crippen MR) is 59.4 cm³/mol. The smallest absolute Gasteiger partial charge is 0.136 e. The Hall–Kier alpha value is -0.860. The van der Waals surface area contributed by atoms with E-state index in [-0.39, 0.29) is 6.23 Å². The van der Waals surface area contributed by atoms with Crippen molar-refractivity contribution in [2.75, 3.05) is 21.2 Å². The summed E-state index contributed by atoms with van der Waals surface area (Å²) in [5.74, 6) is 0. The maximum Gasteiger partial charge on any atom is 0.136 e. The van der Waals surface area contributed by atoms with Gasteiger partial charge >= 0.3 is 0 Å². The quantitative estimate of drug-likeness (QED) is 0.684. The van der Waals surface area contributed by atoms with Gasteiger partial charge in [-0.25, -0.2) is 0 Å². The molecule has 2 heteroatoms. The second-order valence-corrected chi connectivity index (χ2v) is 3.91. The van der Waals surface area contributed by atoms with Gasteiger partial charge in [0.2, 0.25) is 0 Å². The molecule has 0 saturated carbocycles. The standard InChI is InChI=1S/C12H19NO/c1-9-6-7-11(10(2)8-9)12(14-5)13(3)4/h6-8,12H,1-5H3. The summed E-state index contributed by atoms with van der Waals surface area (Å²) in [5, 5.41) is 0. The first-order chi connectivity index (χ1) is 6.56. The first-order valence-electron chi connectivity index (χ1n) is 4.82. The second-order valence-electron chi connectivity index (χ2n) is 3.91. The lowest BCUT2D eigenvalue weighted by atomic mass is 10.0. The zero-order valence-corrected chi connectivity index (χ0v) is 9.66. The monoisotopic (exact) mass is 193 g/mol. The zero-order valence-electron chi connectivity index (χ0n) is 9.66. The van der Waals surface area contributed by atoms with Crippen molar-refractivity contribution in [3.63, 3.8) is 0 Å². The summed E-state index contributed by atoms with van der Waals surface area (Å²) >= 11 is 0. The van der Waals surface area contributed by atoms with E-state index in [1.54, 1.807) is 7.11 Å². The molecule has 0 heterocycles. The van der Waals surface area contributed by atoms with E-state index in [0.29, 0.717) is 0 Å². The molecule has 2 nitrogen and oxygen atoms in total. The van der Waals surface area contributed by atoms with Crippen LogP contribution in [0, 0.1) is 13.8 Å². The van der Waals surface area contributed by atoms with Crippen LogP contribution in [0.25, 0.3) is 0 Å². The Balaban J connectivity index is 3.04. The van der Waals surface area contributed by atoms with Gasteiger partial charge in [-0.1, -0.05) is 23.8 Å². The molecule has 0 saturated heterocycles. The number of nitrogens with zero attached hydrogens (tertiary/aromatic N) is 1. The molecule has 0 N–H and O–H groups in total. The van der Waals surface area contributed by atoms with Crippen molar-refractivity contribution in [2.24, 2.45) is 0 Å². The molecule has 0 fully saturated rings. The molecule has 0 aliphatic rings. The minimum atomic E-state index is 0.0515. The number of hydrogen-bond donors (Lipinski definition) is 0. The third-order valence-corrected chi connectivity index (χ3v) is 2.38. The highest BCUT2D eigenvalue weighted by Gasteiger charge is 2.14. The van der Waals surface area contributed by atoms with E-state index in [9.17, 15) is 0 Å². The molecule has 1 aromatic rings. The van der Waals surface area contributed by atoms with Gasteiger partial charge in [0.15, 0.2) is 0 Å². The minimum Gasteiger partial charge on any atom is -0.362 e. The van der Waals surface area contributed by atoms with Crippen molar-refractivity contribution >= 4 is 0 Å². The molecule has 1 unspecified atom stereocenters. The van der Waals surface area contributed by atoms with Crippen molar-refractivity contribution in [1.29, 1.82) is 0 Å². The highest BCUT2D eigenvalue weighted by atomic mass is 16.5. The molecule has 0 bridgehead atoms. The van der Waals surface area contributed by atoms with Gasteiger partial charge in [0.05, 0.1) is 0 Å². The SMILES string of the molecule is COC(c1ccc(C)cc1C)N(C)C. The van der Waals surface area contributed by atoms with E-state index in [4.69, 9.17) is 4.74 Å². The Bertz CT molecular complexity index is 307. The zero-order chi connectivity index (χ0) is 10.7. The van der Waals surface area contributed by atoms with Gasteiger partial charge in [0.25, 0.3) is 0 Å². The Labute approximate surface area is 86.5 Å². The van der Waals surface area contributed by atoms with E-state index >= 15 is 0 Å². The van der Waals surface area contributed by atoms with Crippen LogP contribution >= 0.6 is 0 Å². The van der Waals surface area contributed by atoms with E-state index in [1.165, 1.54) is 16.7 Å². The fourth-order valence-corrected chi connectivity index (χ4v) is 1.72. The van der Waals surface area contributed by atoms with E-state index in [1.807, 2.05) is 14.1 Å². The highest BCUT2D eigenvalue weighted by molar-refractivity contribution is 5.31. The summed E-state index contributed by atoms with van der Waals surface area (Å²) in [6.07, 6.45) is 0.0515. The van der Waals surface area contributed by atoms with Crippen LogP contribution in [0.15, 0.2) is 18.2 Å². The average Bonchev–Trinajstić information content (AvgIpc) is 2.09. The molecule has 78 valence electrons. The van der Waals surface area contributed by atoms with Gasteiger partial charge in [-0.05, 0) is 39.1 Å². The fourth-order valence-electron chi connectivity index (χ4n) is 1.72. The second kappa shape index (κ2) is 4.58. The van der Waals surface area contributed by atoms with Crippen molar-refractivity contribution in [1.82, 2.24) is 4.90 Å². The fraction of sp³-hybridized carbons (Fsp3) is 0.500. The third kappa shape index (κ3) is 2.34. The predicted octanol–water partition coefficient (Wildman–Crippen LogP) is 2.51. The summed E-state index contributed by atoms with van der Waals surface area (Å²) in [7, 11) is 5.78. The van der Waals surface area contributed by atoms with Crippen LogP contribution in [0.2, 0.25) is 0 Å². The van der Waals surface area contributed by atoms with Gasteiger partial charge < -0.3 is 4.74 Å². The van der Waals surface area contributed by atoms with E-state index < -0.39 is 0 Å². The van der Waals surface area contributed by atoms with Gasteiger partial charge in [-0.2, -0.15) is 0 Å². The molecular formula is C12H19NO. The highest BCUT2D eigenvalue weighted by Crippen LogP contribution is 2.22. The van der Waals surface area contributed by atoms with Crippen LogP contribution < -0.4 is 0 Å². The lowest BCUT2D eigenvalue weighted by Gasteiger charge is -2.24. The molecule has 1 atom stereocenters. The normalized spacial score (nSPS) is 13.3. The summed E-state index contributed by atoms with van der Waals surface area (Å²) in [6.45, 7) is 4.23. The van der Waals surface area contributed by atoms with Crippen LogP contribution in [0.4, 0.5) is 0 Å². The number of ether oxygens (including phenoxy) is 1. The molecule has 0 aromatic heterocycles. The summed E-state index contributed by atoms with van der Waals surface area (Å²) < 4.78 is 5.44. The van der Waals surface area contributed by atoms with Crippen molar-refractivity contribution in [3.05, 3.63) is 34.9 Å². The molecule has 14 heavy (non-hydrogen) atoms. The first kappa shape index (κ1) is 11.2. The van der Waals surface area contributed by atoms with Crippen molar-refractivity contribution in [3.8, 4) is 0 Å². The Morgan fingerprint density at radius 1 is 1.21 bits per heavy atom. The van der Waals surface area contributed by atoms with E-state index in [0.717, 1.165) is 0 Å². The van der Waals surface area contributed by atoms with Gasteiger partial charge in [0.1, 0.15) is 6.23 Å². The van der Waals surface area contributed by atoms with Gasteiger partial charge in [-0.3, -0.25) is 4.90 Å². The van der Waals surface area contributed by atoms with E-state index in [2.05, 4.69) is 36.9 Å². The summed E-state index contributed by atoms with van der Waals surface area (Å²) in [5.41, 5.74) is 3.81.